The normalized spacial score (nSPS) is 19.7. The monoisotopic (exact) mass is 275 g/mol. The van der Waals surface area contributed by atoms with E-state index < -0.39 is 0 Å². The van der Waals surface area contributed by atoms with Crippen LogP contribution in [-0.4, -0.2) is 29.5 Å². The quantitative estimate of drug-likeness (QED) is 0.812. The Labute approximate surface area is 123 Å². The predicted octanol–water partition coefficient (Wildman–Crippen LogP) is 4.09. The zero-order valence-corrected chi connectivity index (χ0v) is 13.2. The molecule has 2 heterocycles. The van der Waals surface area contributed by atoms with Crippen LogP contribution in [0.25, 0.3) is 0 Å². The molecule has 0 saturated carbocycles. The fourth-order valence-electron chi connectivity index (χ4n) is 2.94. The molecule has 1 fully saturated rings. The summed E-state index contributed by atoms with van der Waals surface area (Å²) >= 11 is 0. The Balaban J connectivity index is 2.10. The van der Waals surface area contributed by atoms with E-state index in [0.29, 0.717) is 12.0 Å². The van der Waals surface area contributed by atoms with Crippen molar-refractivity contribution in [1.29, 1.82) is 0 Å². The van der Waals surface area contributed by atoms with Gasteiger partial charge in [0.25, 0.3) is 0 Å². The lowest BCUT2D eigenvalue weighted by molar-refractivity contribution is 0.253. The average Bonchev–Trinajstić information content (AvgIpc) is 2.91. The first kappa shape index (κ1) is 15.3. The van der Waals surface area contributed by atoms with Crippen LogP contribution in [0.15, 0.2) is 18.3 Å². The lowest BCUT2D eigenvalue weighted by atomic mass is 10.0. The molecule has 1 aromatic heterocycles. The van der Waals surface area contributed by atoms with Crippen molar-refractivity contribution in [2.24, 2.45) is 5.92 Å². The van der Waals surface area contributed by atoms with Crippen LogP contribution in [0, 0.1) is 5.92 Å². The second-order valence-corrected chi connectivity index (χ2v) is 6.26. The summed E-state index contributed by atoms with van der Waals surface area (Å²) in [6.45, 7) is 10.2. The third-order valence-corrected chi connectivity index (χ3v) is 4.04. The molecule has 112 valence electrons. The van der Waals surface area contributed by atoms with E-state index in [0.717, 1.165) is 12.4 Å². The fourth-order valence-corrected chi connectivity index (χ4v) is 2.94. The number of anilines is 1. The van der Waals surface area contributed by atoms with Gasteiger partial charge in [-0.1, -0.05) is 33.3 Å². The summed E-state index contributed by atoms with van der Waals surface area (Å²) < 4.78 is 0. The Hall–Kier alpha value is -1.09. The maximum absolute atomic E-state index is 4.57. The average molecular weight is 275 g/mol. The molecule has 20 heavy (non-hydrogen) atoms. The molecule has 1 aliphatic heterocycles. The largest absolute Gasteiger partial charge is 0.370 e. The van der Waals surface area contributed by atoms with Crippen molar-refractivity contribution >= 4 is 5.82 Å². The Morgan fingerprint density at radius 3 is 3.05 bits per heavy atom. The van der Waals surface area contributed by atoms with E-state index in [1.807, 2.05) is 6.20 Å². The minimum atomic E-state index is 0.560. The van der Waals surface area contributed by atoms with Crippen LogP contribution in [0.5, 0.6) is 0 Å². The van der Waals surface area contributed by atoms with E-state index in [9.17, 15) is 0 Å². The zero-order chi connectivity index (χ0) is 14.4. The highest BCUT2D eigenvalue weighted by Gasteiger charge is 2.27. The minimum absolute atomic E-state index is 0.560. The number of hydrogen-bond acceptors (Lipinski definition) is 3. The first-order valence-electron chi connectivity index (χ1n) is 8.15. The molecule has 1 N–H and O–H groups in total. The molecule has 0 spiro atoms. The smallest absolute Gasteiger partial charge is 0.130 e. The topological polar surface area (TPSA) is 28.2 Å². The van der Waals surface area contributed by atoms with Gasteiger partial charge in [-0.25, -0.2) is 4.98 Å². The van der Waals surface area contributed by atoms with Gasteiger partial charge in [0.05, 0.1) is 0 Å². The van der Waals surface area contributed by atoms with Crippen molar-refractivity contribution in [1.82, 2.24) is 9.88 Å². The van der Waals surface area contributed by atoms with Gasteiger partial charge in [0, 0.05) is 24.3 Å². The predicted molar refractivity (Wildman–Crippen MR) is 86.0 cm³/mol. The molecule has 0 aliphatic carbocycles. The third kappa shape index (κ3) is 3.95. The third-order valence-electron chi connectivity index (χ3n) is 4.04. The van der Waals surface area contributed by atoms with Crippen LogP contribution < -0.4 is 5.32 Å². The second-order valence-electron chi connectivity index (χ2n) is 6.26. The molecule has 1 aliphatic rings. The Bertz CT molecular complexity index is 403. The SMILES string of the molecule is CCCCN1CCC[C@H]1c1cccnc1NCC(C)C. The van der Waals surface area contributed by atoms with E-state index in [1.165, 1.54) is 44.3 Å². The Kier molecular flexibility index (Phi) is 5.84. The number of hydrogen-bond donors (Lipinski definition) is 1. The van der Waals surface area contributed by atoms with Gasteiger partial charge in [0.15, 0.2) is 0 Å². The lowest BCUT2D eigenvalue weighted by Crippen LogP contribution is -2.25. The fraction of sp³-hybridized carbons (Fsp3) is 0.706. The molecule has 2 rings (SSSR count). The standard InChI is InChI=1S/C17H29N3/c1-4-5-11-20-12-7-9-16(20)15-8-6-10-18-17(15)19-13-14(2)3/h6,8,10,14,16H,4-5,7,9,11-13H2,1-3H3,(H,18,19)/t16-/m0/s1. The summed E-state index contributed by atoms with van der Waals surface area (Å²) in [5.74, 6) is 1.74. The number of nitrogens with one attached hydrogen (secondary N) is 1. The van der Waals surface area contributed by atoms with E-state index >= 15 is 0 Å². The van der Waals surface area contributed by atoms with Crippen molar-refractivity contribution in [2.75, 3.05) is 25.0 Å². The van der Waals surface area contributed by atoms with Crippen molar-refractivity contribution in [3.05, 3.63) is 23.9 Å². The summed E-state index contributed by atoms with van der Waals surface area (Å²) in [5.41, 5.74) is 1.39. The van der Waals surface area contributed by atoms with Crippen LogP contribution >= 0.6 is 0 Å². The van der Waals surface area contributed by atoms with Gasteiger partial charge < -0.3 is 5.32 Å². The van der Waals surface area contributed by atoms with Gasteiger partial charge in [-0.3, -0.25) is 4.90 Å². The van der Waals surface area contributed by atoms with E-state index in [1.54, 1.807) is 0 Å². The van der Waals surface area contributed by atoms with Crippen molar-refractivity contribution in [3.8, 4) is 0 Å². The molecule has 3 heteroatoms. The highest BCUT2D eigenvalue weighted by Crippen LogP contribution is 2.35. The van der Waals surface area contributed by atoms with Crippen LogP contribution in [0.1, 0.15) is 58.1 Å². The number of nitrogens with zero attached hydrogens (tertiary/aromatic N) is 2. The number of rotatable bonds is 7. The first-order chi connectivity index (χ1) is 9.72. The second kappa shape index (κ2) is 7.63. The molecule has 0 aromatic carbocycles. The molecule has 0 unspecified atom stereocenters. The van der Waals surface area contributed by atoms with Crippen LogP contribution in [0.4, 0.5) is 5.82 Å². The summed E-state index contributed by atoms with van der Waals surface area (Å²) in [7, 11) is 0. The molecule has 1 aromatic rings. The van der Waals surface area contributed by atoms with Crippen LogP contribution in [0.2, 0.25) is 0 Å². The summed E-state index contributed by atoms with van der Waals surface area (Å²) in [4.78, 5) is 7.21. The minimum Gasteiger partial charge on any atom is -0.370 e. The summed E-state index contributed by atoms with van der Waals surface area (Å²) in [6, 6.07) is 4.89. The molecule has 3 nitrogen and oxygen atoms in total. The molecule has 1 atom stereocenters. The highest BCUT2D eigenvalue weighted by atomic mass is 15.2. The van der Waals surface area contributed by atoms with Crippen molar-refractivity contribution in [2.45, 2.75) is 52.5 Å². The van der Waals surface area contributed by atoms with Gasteiger partial charge in [-0.2, -0.15) is 0 Å². The number of pyridine rings is 1. The molecular weight excluding hydrogens is 246 g/mol. The number of aromatic nitrogens is 1. The Morgan fingerprint density at radius 1 is 1.45 bits per heavy atom. The summed E-state index contributed by atoms with van der Waals surface area (Å²) in [5, 5.41) is 3.53. The molecule has 0 bridgehead atoms. The number of likely N-dealkylation sites (tertiary alicyclic amines) is 1. The van der Waals surface area contributed by atoms with E-state index in [2.05, 4.69) is 48.1 Å². The van der Waals surface area contributed by atoms with Gasteiger partial charge in [0.2, 0.25) is 0 Å². The molecule has 0 radical (unpaired) electrons. The summed E-state index contributed by atoms with van der Waals surface area (Å²) in [6.07, 6.45) is 7.05. The zero-order valence-electron chi connectivity index (χ0n) is 13.2. The van der Waals surface area contributed by atoms with Crippen LogP contribution in [0.3, 0.4) is 0 Å². The molecule has 0 amide bonds. The Morgan fingerprint density at radius 2 is 2.30 bits per heavy atom. The van der Waals surface area contributed by atoms with Crippen LogP contribution in [-0.2, 0) is 0 Å². The molecule has 1 saturated heterocycles. The van der Waals surface area contributed by atoms with Gasteiger partial charge in [0.1, 0.15) is 5.82 Å². The first-order valence-corrected chi connectivity index (χ1v) is 8.15. The van der Waals surface area contributed by atoms with Crippen molar-refractivity contribution in [3.63, 3.8) is 0 Å². The maximum atomic E-state index is 4.57. The van der Waals surface area contributed by atoms with Crippen molar-refractivity contribution < 1.29 is 0 Å². The van der Waals surface area contributed by atoms with Gasteiger partial charge >= 0.3 is 0 Å². The van der Waals surface area contributed by atoms with Gasteiger partial charge in [-0.05, 0) is 44.3 Å². The number of unbranched alkanes of at least 4 members (excludes halogenated alkanes) is 1. The van der Waals surface area contributed by atoms with Gasteiger partial charge in [-0.15, -0.1) is 0 Å². The van der Waals surface area contributed by atoms with E-state index in [4.69, 9.17) is 0 Å². The molecular formula is C17H29N3. The lowest BCUT2D eigenvalue weighted by Gasteiger charge is -2.26. The van der Waals surface area contributed by atoms with E-state index in [-0.39, 0.29) is 0 Å². The maximum Gasteiger partial charge on any atom is 0.130 e. The highest BCUT2D eigenvalue weighted by molar-refractivity contribution is 5.46.